The number of carbonyl (C=O) groups excluding carboxylic acids is 1. The molecule has 1 amide bonds. The second-order valence-electron chi connectivity index (χ2n) is 7.55. The summed E-state index contributed by atoms with van der Waals surface area (Å²) in [5, 5.41) is 2.91. The van der Waals surface area contributed by atoms with Gasteiger partial charge in [0.15, 0.2) is 11.5 Å². The van der Waals surface area contributed by atoms with E-state index in [1.807, 2.05) is 36.2 Å². The van der Waals surface area contributed by atoms with Crippen LogP contribution in [-0.2, 0) is 11.3 Å². The highest BCUT2D eigenvalue weighted by molar-refractivity contribution is 5.92. The molecule has 1 saturated heterocycles. The van der Waals surface area contributed by atoms with E-state index in [0.717, 1.165) is 24.3 Å². The molecule has 1 aliphatic rings. The number of ether oxygens (including phenoxy) is 2. The summed E-state index contributed by atoms with van der Waals surface area (Å²) in [5.41, 5.74) is 2.76. The predicted molar refractivity (Wildman–Crippen MR) is 117 cm³/mol. The summed E-state index contributed by atoms with van der Waals surface area (Å²) < 4.78 is 35.0. The van der Waals surface area contributed by atoms with Crippen LogP contribution in [0.2, 0.25) is 0 Å². The van der Waals surface area contributed by atoms with Gasteiger partial charge in [-0.25, -0.2) is 0 Å². The van der Waals surface area contributed by atoms with Gasteiger partial charge in [-0.05, 0) is 68.8 Å². The fourth-order valence-electron chi connectivity index (χ4n) is 3.66. The summed E-state index contributed by atoms with van der Waals surface area (Å²) in [6.07, 6.45) is 2.44. The van der Waals surface area contributed by atoms with Crippen molar-refractivity contribution in [2.24, 2.45) is 0 Å². The Bertz CT molecular complexity index is 856. The van der Waals surface area contributed by atoms with E-state index in [1.165, 1.54) is 24.6 Å². The Morgan fingerprint density at radius 3 is 2.48 bits per heavy atom. The van der Waals surface area contributed by atoms with Crippen LogP contribution in [0, 0.1) is 0 Å². The number of benzene rings is 2. The fourth-order valence-corrected chi connectivity index (χ4v) is 3.66. The van der Waals surface area contributed by atoms with Crippen LogP contribution in [0.15, 0.2) is 42.5 Å². The monoisotopic (exact) mass is 433 g/mol. The Labute approximate surface area is 181 Å². The van der Waals surface area contributed by atoms with E-state index in [9.17, 15) is 13.6 Å². The van der Waals surface area contributed by atoms with Crippen molar-refractivity contribution in [3.05, 3.63) is 48.0 Å². The Morgan fingerprint density at radius 2 is 1.84 bits per heavy atom. The molecule has 168 valence electrons. The molecular weight excluding hydrogens is 404 g/mol. The van der Waals surface area contributed by atoms with E-state index in [-0.39, 0.29) is 24.0 Å². The van der Waals surface area contributed by atoms with Gasteiger partial charge in [0.1, 0.15) is 0 Å². The van der Waals surface area contributed by atoms with Crippen LogP contribution in [0.3, 0.4) is 0 Å². The smallest absolute Gasteiger partial charge is 0.387 e. The number of amides is 1. The van der Waals surface area contributed by atoms with Crippen molar-refractivity contribution >= 4 is 17.3 Å². The van der Waals surface area contributed by atoms with Crippen LogP contribution in [0.5, 0.6) is 11.5 Å². The molecule has 0 spiro atoms. The minimum Gasteiger partial charge on any atom is -0.490 e. The maximum absolute atomic E-state index is 12.5. The molecule has 2 aromatic rings. The molecule has 0 radical (unpaired) electrons. The lowest BCUT2D eigenvalue weighted by Gasteiger charge is -2.19. The number of halogens is 2. The Balaban J connectivity index is 1.53. The molecule has 1 N–H and O–H groups in total. The van der Waals surface area contributed by atoms with Crippen LogP contribution >= 0.6 is 0 Å². The maximum atomic E-state index is 12.5. The summed E-state index contributed by atoms with van der Waals surface area (Å²) >= 11 is 0. The summed E-state index contributed by atoms with van der Waals surface area (Å²) in [4.78, 5) is 16.6. The van der Waals surface area contributed by atoms with Crippen molar-refractivity contribution in [1.82, 2.24) is 4.90 Å². The Morgan fingerprint density at radius 1 is 1.13 bits per heavy atom. The molecule has 1 aliphatic heterocycles. The van der Waals surface area contributed by atoms with Crippen LogP contribution < -0.4 is 19.7 Å². The predicted octanol–water partition coefficient (Wildman–Crippen LogP) is 4.36. The van der Waals surface area contributed by atoms with Crippen LogP contribution in [0.4, 0.5) is 20.2 Å². The molecule has 3 rings (SSSR count). The molecule has 8 heteroatoms. The van der Waals surface area contributed by atoms with Crippen molar-refractivity contribution in [3.63, 3.8) is 0 Å². The highest BCUT2D eigenvalue weighted by Gasteiger charge is 2.14. The van der Waals surface area contributed by atoms with Crippen molar-refractivity contribution in [2.75, 3.05) is 43.5 Å². The summed E-state index contributed by atoms with van der Waals surface area (Å²) in [6, 6.07) is 12.7. The second kappa shape index (κ2) is 10.9. The van der Waals surface area contributed by atoms with E-state index < -0.39 is 6.61 Å². The average molecular weight is 433 g/mol. The van der Waals surface area contributed by atoms with Gasteiger partial charge >= 0.3 is 6.61 Å². The molecule has 0 aromatic heterocycles. The summed E-state index contributed by atoms with van der Waals surface area (Å²) in [7, 11) is 1.82. The molecule has 0 bridgehead atoms. The van der Waals surface area contributed by atoms with E-state index in [0.29, 0.717) is 13.2 Å². The van der Waals surface area contributed by atoms with Gasteiger partial charge in [-0.2, -0.15) is 8.78 Å². The second-order valence-corrected chi connectivity index (χ2v) is 7.55. The number of likely N-dealkylation sites (N-methyl/N-ethyl adjacent to an activating group) is 1. The Kier molecular flexibility index (Phi) is 8.06. The first kappa shape index (κ1) is 22.8. The number of rotatable bonds is 10. The lowest BCUT2D eigenvalue weighted by Crippen LogP contribution is -2.29. The third-order valence-electron chi connectivity index (χ3n) is 5.01. The van der Waals surface area contributed by atoms with Crippen molar-refractivity contribution in [1.29, 1.82) is 0 Å². The first-order valence-electron chi connectivity index (χ1n) is 10.5. The number of hydrogen-bond donors (Lipinski definition) is 1. The van der Waals surface area contributed by atoms with Crippen LogP contribution in [-0.4, -0.2) is 50.7 Å². The molecule has 31 heavy (non-hydrogen) atoms. The third-order valence-corrected chi connectivity index (χ3v) is 5.01. The van der Waals surface area contributed by atoms with E-state index >= 15 is 0 Å². The molecular formula is C23H29F2N3O3. The maximum Gasteiger partial charge on any atom is 0.387 e. The van der Waals surface area contributed by atoms with E-state index in [4.69, 9.17) is 4.74 Å². The molecule has 6 nitrogen and oxygen atoms in total. The topological polar surface area (TPSA) is 54.0 Å². The number of alkyl halides is 2. The quantitative estimate of drug-likeness (QED) is 0.604. The molecule has 2 aromatic carbocycles. The number of nitrogens with one attached hydrogen (secondary N) is 1. The SMILES string of the molecule is CCOc1cc(CN(C)CC(=O)Nc2ccc(N3CCCC3)cc2)ccc1OC(F)F. The highest BCUT2D eigenvalue weighted by atomic mass is 19.3. The number of anilines is 2. The normalized spacial score (nSPS) is 13.7. The van der Waals surface area contributed by atoms with E-state index in [1.54, 1.807) is 19.1 Å². The summed E-state index contributed by atoms with van der Waals surface area (Å²) in [5.74, 6) is 0.133. The number of carbonyl (C=O) groups is 1. The zero-order chi connectivity index (χ0) is 22.2. The molecule has 0 aliphatic carbocycles. The number of nitrogens with zero attached hydrogens (tertiary/aromatic N) is 2. The van der Waals surface area contributed by atoms with Gasteiger partial charge in [0.2, 0.25) is 5.91 Å². The highest BCUT2D eigenvalue weighted by Crippen LogP contribution is 2.30. The minimum absolute atomic E-state index is 0.00151. The van der Waals surface area contributed by atoms with Gasteiger partial charge in [-0.15, -0.1) is 0 Å². The van der Waals surface area contributed by atoms with Crippen LogP contribution in [0.25, 0.3) is 0 Å². The lowest BCUT2D eigenvalue weighted by atomic mass is 10.2. The zero-order valence-corrected chi connectivity index (χ0v) is 17.9. The van der Waals surface area contributed by atoms with Crippen molar-refractivity contribution in [3.8, 4) is 11.5 Å². The summed E-state index contributed by atoms with van der Waals surface area (Å²) in [6.45, 7) is 1.99. The van der Waals surface area contributed by atoms with Gasteiger partial charge in [0.25, 0.3) is 0 Å². The third kappa shape index (κ3) is 6.82. The first-order valence-corrected chi connectivity index (χ1v) is 10.5. The van der Waals surface area contributed by atoms with Gasteiger partial charge < -0.3 is 19.7 Å². The largest absolute Gasteiger partial charge is 0.490 e. The van der Waals surface area contributed by atoms with Crippen molar-refractivity contribution in [2.45, 2.75) is 32.9 Å². The van der Waals surface area contributed by atoms with Crippen molar-refractivity contribution < 1.29 is 23.0 Å². The van der Waals surface area contributed by atoms with Gasteiger partial charge in [0.05, 0.1) is 13.2 Å². The number of hydrogen-bond acceptors (Lipinski definition) is 5. The van der Waals surface area contributed by atoms with Gasteiger partial charge in [-0.3, -0.25) is 9.69 Å². The zero-order valence-electron chi connectivity index (χ0n) is 17.9. The van der Waals surface area contributed by atoms with Crippen LogP contribution in [0.1, 0.15) is 25.3 Å². The molecule has 0 saturated carbocycles. The molecule has 1 fully saturated rings. The average Bonchev–Trinajstić information content (AvgIpc) is 3.25. The molecule has 1 heterocycles. The first-order chi connectivity index (χ1) is 14.9. The lowest BCUT2D eigenvalue weighted by molar-refractivity contribution is -0.117. The Hall–Kier alpha value is -2.87. The standard InChI is InChI=1S/C23H29F2N3O3/c1-3-30-21-14-17(6-11-20(21)31-23(24)25)15-27(2)16-22(29)26-18-7-9-19(10-8-18)28-12-4-5-13-28/h6-11,14,23H,3-5,12-13,15-16H2,1-2H3,(H,26,29). The molecule has 0 atom stereocenters. The van der Waals surface area contributed by atoms with Gasteiger partial charge in [-0.1, -0.05) is 6.07 Å². The van der Waals surface area contributed by atoms with E-state index in [2.05, 4.69) is 15.0 Å². The minimum atomic E-state index is -2.92. The fraction of sp³-hybridized carbons (Fsp3) is 0.435. The van der Waals surface area contributed by atoms with Gasteiger partial charge in [0, 0.05) is 31.0 Å². The molecule has 0 unspecified atom stereocenters.